The Kier molecular flexibility index (Phi) is 4.78. The summed E-state index contributed by atoms with van der Waals surface area (Å²) in [6.45, 7) is 4.44. The minimum Gasteiger partial charge on any atom is -0.481 e. The van der Waals surface area contributed by atoms with Crippen LogP contribution < -0.4 is 4.90 Å². The standard InChI is InChI=1S/C17H21NO3/c1-3-18(13-10-8-12(2)9-11-13)16(19)14-6-4-5-7-15(14)17(20)21/h4-5,8-11,14-15H,3,6-7H2,1-2H3,(H,20,21)/t14-,15+/m1/s1. The molecule has 0 spiro atoms. The largest absolute Gasteiger partial charge is 0.481 e. The minimum absolute atomic E-state index is 0.0990. The topological polar surface area (TPSA) is 57.6 Å². The van der Waals surface area contributed by atoms with E-state index in [1.54, 1.807) is 4.90 Å². The molecule has 0 fully saturated rings. The van der Waals surface area contributed by atoms with Gasteiger partial charge in [-0.25, -0.2) is 0 Å². The van der Waals surface area contributed by atoms with Gasteiger partial charge in [-0.15, -0.1) is 0 Å². The van der Waals surface area contributed by atoms with Crippen molar-refractivity contribution in [2.75, 3.05) is 11.4 Å². The van der Waals surface area contributed by atoms with Crippen molar-refractivity contribution in [1.82, 2.24) is 0 Å². The summed E-state index contributed by atoms with van der Waals surface area (Å²) < 4.78 is 0. The lowest BCUT2D eigenvalue weighted by Gasteiger charge is -2.30. The average Bonchev–Trinajstić information content (AvgIpc) is 2.49. The van der Waals surface area contributed by atoms with E-state index in [1.807, 2.05) is 50.3 Å². The highest BCUT2D eigenvalue weighted by molar-refractivity contribution is 5.97. The fourth-order valence-corrected chi connectivity index (χ4v) is 2.75. The van der Waals surface area contributed by atoms with E-state index in [9.17, 15) is 14.7 Å². The lowest BCUT2D eigenvalue weighted by Crippen LogP contribution is -2.41. The maximum absolute atomic E-state index is 12.8. The van der Waals surface area contributed by atoms with Crippen LogP contribution in [0.25, 0.3) is 0 Å². The number of aliphatic carboxylic acids is 1. The van der Waals surface area contributed by atoms with Crippen LogP contribution in [0.3, 0.4) is 0 Å². The Labute approximate surface area is 125 Å². The molecule has 112 valence electrons. The zero-order valence-corrected chi connectivity index (χ0v) is 12.5. The second kappa shape index (κ2) is 6.57. The van der Waals surface area contributed by atoms with Gasteiger partial charge in [0.1, 0.15) is 0 Å². The molecule has 1 amide bonds. The van der Waals surface area contributed by atoms with E-state index in [4.69, 9.17) is 0 Å². The fourth-order valence-electron chi connectivity index (χ4n) is 2.75. The van der Waals surface area contributed by atoms with Gasteiger partial charge in [-0.05, 0) is 38.8 Å². The summed E-state index contributed by atoms with van der Waals surface area (Å²) in [5.41, 5.74) is 1.96. The van der Waals surface area contributed by atoms with E-state index >= 15 is 0 Å². The first-order chi connectivity index (χ1) is 10.0. The smallest absolute Gasteiger partial charge is 0.307 e. The monoisotopic (exact) mass is 287 g/mol. The van der Waals surface area contributed by atoms with Crippen LogP contribution in [0.15, 0.2) is 36.4 Å². The number of carboxylic acids is 1. The first kappa shape index (κ1) is 15.3. The third kappa shape index (κ3) is 3.32. The van der Waals surface area contributed by atoms with Crippen molar-refractivity contribution >= 4 is 17.6 Å². The Morgan fingerprint density at radius 1 is 1.14 bits per heavy atom. The number of amides is 1. The summed E-state index contributed by atoms with van der Waals surface area (Å²) in [5, 5.41) is 9.31. The molecule has 0 aliphatic heterocycles. The van der Waals surface area contributed by atoms with Gasteiger partial charge < -0.3 is 10.0 Å². The second-order valence-electron chi connectivity index (χ2n) is 5.41. The third-order valence-corrected chi connectivity index (χ3v) is 3.99. The predicted octanol–water partition coefficient (Wildman–Crippen LogP) is 3.01. The molecule has 1 N–H and O–H groups in total. The summed E-state index contributed by atoms with van der Waals surface area (Å²) in [5.74, 6) is -2.09. The maximum Gasteiger partial charge on any atom is 0.307 e. The van der Waals surface area contributed by atoms with Gasteiger partial charge in [0.2, 0.25) is 5.91 Å². The number of carboxylic acid groups (broad SMARTS) is 1. The molecule has 4 heteroatoms. The molecular weight excluding hydrogens is 266 g/mol. The number of aryl methyl sites for hydroxylation is 1. The Hall–Kier alpha value is -2.10. The number of nitrogens with zero attached hydrogens (tertiary/aromatic N) is 1. The minimum atomic E-state index is -0.891. The summed E-state index contributed by atoms with van der Waals surface area (Å²) in [4.78, 5) is 25.8. The highest BCUT2D eigenvalue weighted by atomic mass is 16.4. The van der Waals surface area contributed by atoms with Gasteiger partial charge in [0.05, 0.1) is 11.8 Å². The van der Waals surface area contributed by atoms with Crippen molar-refractivity contribution < 1.29 is 14.7 Å². The quantitative estimate of drug-likeness (QED) is 0.866. The molecule has 2 rings (SSSR count). The molecule has 1 aliphatic carbocycles. The van der Waals surface area contributed by atoms with Gasteiger partial charge in [0.25, 0.3) is 0 Å². The summed E-state index contributed by atoms with van der Waals surface area (Å²) >= 11 is 0. The van der Waals surface area contributed by atoms with E-state index in [0.717, 1.165) is 11.3 Å². The van der Waals surface area contributed by atoms with Crippen LogP contribution in [0.2, 0.25) is 0 Å². The molecule has 2 atom stereocenters. The number of anilines is 1. The van der Waals surface area contributed by atoms with Crippen molar-refractivity contribution in [2.24, 2.45) is 11.8 Å². The number of allylic oxidation sites excluding steroid dienone is 2. The van der Waals surface area contributed by atoms with Crippen molar-refractivity contribution in [2.45, 2.75) is 26.7 Å². The Bertz CT molecular complexity index is 548. The Morgan fingerprint density at radius 3 is 2.24 bits per heavy atom. The van der Waals surface area contributed by atoms with Gasteiger partial charge in [-0.2, -0.15) is 0 Å². The summed E-state index contributed by atoms with van der Waals surface area (Å²) in [7, 11) is 0. The lowest BCUT2D eigenvalue weighted by molar-refractivity contribution is -0.146. The van der Waals surface area contributed by atoms with E-state index in [-0.39, 0.29) is 5.91 Å². The SMILES string of the molecule is CCN(C(=O)[C@@H]1CC=CC[C@@H]1C(=O)O)c1ccc(C)cc1. The van der Waals surface area contributed by atoms with E-state index in [0.29, 0.717) is 19.4 Å². The van der Waals surface area contributed by atoms with Crippen LogP contribution in [0.1, 0.15) is 25.3 Å². The van der Waals surface area contributed by atoms with Crippen molar-refractivity contribution in [3.05, 3.63) is 42.0 Å². The van der Waals surface area contributed by atoms with E-state index in [2.05, 4.69) is 0 Å². The number of carbonyl (C=O) groups excluding carboxylic acids is 1. The molecule has 0 saturated heterocycles. The maximum atomic E-state index is 12.8. The number of hydrogen-bond donors (Lipinski definition) is 1. The molecule has 4 nitrogen and oxygen atoms in total. The van der Waals surface area contributed by atoms with Gasteiger partial charge in [-0.3, -0.25) is 9.59 Å². The number of hydrogen-bond acceptors (Lipinski definition) is 2. The van der Waals surface area contributed by atoms with Crippen LogP contribution in [-0.4, -0.2) is 23.5 Å². The number of rotatable bonds is 4. The molecule has 0 unspecified atom stereocenters. The summed E-state index contributed by atoms with van der Waals surface area (Å²) in [6, 6.07) is 7.73. The highest BCUT2D eigenvalue weighted by Gasteiger charge is 2.36. The van der Waals surface area contributed by atoms with Gasteiger partial charge >= 0.3 is 5.97 Å². The first-order valence-corrected chi connectivity index (χ1v) is 7.30. The first-order valence-electron chi connectivity index (χ1n) is 7.30. The van der Waals surface area contributed by atoms with Crippen LogP contribution in [-0.2, 0) is 9.59 Å². The van der Waals surface area contributed by atoms with E-state index < -0.39 is 17.8 Å². The third-order valence-electron chi connectivity index (χ3n) is 3.99. The van der Waals surface area contributed by atoms with Crippen molar-refractivity contribution in [3.8, 4) is 0 Å². The van der Waals surface area contributed by atoms with Crippen LogP contribution in [0, 0.1) is 18.8 Å². The molecule has 0 radical (unpaired) electrons. The van der Waals surface area contributed by atoms with Crippen LogP contribution >= 0.6 is 0 Å². The van der Waals surface area contributed by atoms with Gasteiger partial charge in [0.15, 0.2) is 0 Å². The van der Waals surface area contributed by atoms with E-state index in [1.165, 1.54) is 0 Å². The molecule has 0 aromatic heterocycles. The normalized spacial score (nSPS) is 21.0. The van der Waals surface area contributed by atoms with Gasteiger partial charge in [-0.1, -0.05) is 29.8 Å². The van der Waals surface area contributed by atoms with Crippen LogP contribution in [0.4, 0.5) is 5.69 Å². The molecule has 0 saturated carbocycles. The molecule has 1 aromatic rings. The second-order valence-corrected chi connectivity index (χ2v) is 5.41. The van der Waals surface area contributed by atoms with Crippen molar-refractivity contribution in [3.63, 3.8) is 0 Å². The fraction of sp³-hybridized carbons (Fsp3) is 0.412. The molecule has 0 bridgehead atoms. The van der Waals surface area contributed by atoms with Gasteiger partial charge in [0, 0.05) is 12.2 Å². The Morgan fingerprint density at radius 2 is 1.71 bits per heavy atom. The number of carbonyl (C=O) groups is 2. The molecule has 1 aliphatic rings. The Balaban J connectivity index is 2.25. The zero-order chi connectivity index (χ0) is 15.4. The average molecular weight is 287 g/mol. The summed E-state index contributed by atoms with van der Waals surface area (Å²) in [6.07, 6.45) is 4.69. The predicted molar refractivity (Wildman–Crippen MR) is 82.2 cm³/mol. The lowest BCUT2D eigenvalue weighted by atomic mass is 9.82. The number of benzene rings is 1. The zero-order valence-electron chi connectivity index (χ0n) is 12.5. The molecule has 0 heterocycles. The molecular formula is C17H21NO3. The highest BCUT2D eigenvalue weighted by Crippen LogP contribution is 2.29. The molecule has 21 heavy (non-hydrogen) atoms. The van der Waals surface area contributed by atoms with Crippen LogP contribution in [0.5, 0.6) is 0 Å². The van der Waals surface area contributed by atoms with Crippen molar-refractivity contribution in [1.29, 1.82) is 0 Å². The molecule has 1 aromatic carbocycles.